The second-order valence-electron chi connectivity index (χ2n) is 6.81. The first-order chi connectivity index (χ1) is 14.1. The molecule has 1 N–H and O–H groups in total. The quantitative estimate of drug-likeness (QED) is 0.600. The molecule has 0 aliphatic rings. The number of ketones is 1. The van der Waals surface area contributed by atoms with Gasteiger partial charge in [0.15, 0.2) is 12.4 Å². The Balaban J connectivity index is 1.93. The summed E-state index contributed by atoms with van der Waals surface area (Å²) >= 11 is 0. The Bertz CT molecular complexity index is 1000. The molecule has 1 atom stereocenters. The van der Waals surface area contributed by atoms with E-state index >= 15 is 0 Å². The minimum absolute atomic E-state index is 0.0343. The van der Waals surface area contributed by atoms with Gasteiger partial charge in [-0.1, -0.05) is 30.3 Å². The molecule has 0 aromatic heterocycles. The van der Waals surface area contributed by atoms with E-state index in [2.05, 4.69) is 5.32 Å². The number of amides is 1. The smallest absolute Gasteiger partial charge is 0.338 e. The number of nitrogens with zero attached hydrogens (tertiary/aromatic N) is 1. The van der Waals surface area contributed by atoms with Gasteiger partial charge in [-0.3, -0.25) is 9.59 Å². The number of carbonyl (C=O) groups excluding carboxylic acids is 3. The van der Waals surface area contributed by atoms with E-state index in [4.69, 9.17) is 4.74 Å². The van der Waals surface area contributed by atoms with Crippen LogP contribution in [0.2, 0.25) is 0 Å². The van der Waals surface area contributed by atoms with Crippen LogP contribution in [0.3, 0.4) is 0 Å². The molecular weight excluding hydrogens is 408 g/mol. The van der Waals surface area contributed by atoms with Crippen LogP contribution in [0.1, 0.15) is 22.8 Å². The van der Waals surface area contributed by atoms with Crippen LogP contribution in [0.5, 0.6) is 0 Å². The third-order valence-electron chi connectivity index (χ3n) is 4.31. The summed E-state index contributed by atoms with van der Waals surface area (Å²) in [5.41, 5.74) is 0.996. The van der Waals surface area contributed by atoms with Crippen molar-refractivity contribution in [3.8, 4) is 0 Å². The molecule has 0 aliphatic heterocycles. The van der Waals surface area contributed by atoms with Gasteiger partial charge in [0.1, 0.15) is 0 Å². The zero-order valence-corrected chi connectivity index (χ0v) is 17.8. The maximum Gasteiger partial charge on any atom is 0.338 e. The lowest BCUT2D eigenvalue weighted by Gasteiger charge is -2.16. The summed E-state index contributed by atoms with van der Waals surface area (Å²) in [6.07, 6.45) is 0.331. The lowest BCUT2D eigenvalue weighted by molar-refractivity contribution is -0.128. The maximum atomic E-state index is 12.1. The van der Waals surface area contributed by atoms with Gasteiger partial charge < -0.3 is 10.1 Å². The van der Waals surface area contributed by atoms with Crippen LogP contribution < -0.4 is 5.32 Å². The van der Waals surface area contributed by atoms with Gasteiger partial charge in [-0.25, -0.2) is 17.5 Å². The Morgan fingerprint density at radius 1 is 1.00 bits per heavy atom. The van der Waals surface area contributed by atoms with Crippen molar-refractivity contribution in [1.82, 2.24) is 9.62 Å². The highest BCUT2D eigenvalue weighted by atomic mass is 32.2. The number of carbonyl (C=O) groups is 3. The largest absolute Gasteiger partial charge is 0.452 e. The van der Waals surface area contributed by atoms with Crippen LogP contribution in [0, 0.1) is 0 Å². The first kappa shape index (κ1) is 23.2. The fraction of sp³-hybridized carbons (Fsp3) is 0.286. The highest BCUT2D eigenvalue weighted by Gasteiger charge is 2.20. The fourth-order valence-corrected chi connectivity index (χ4v) is 3.47. The van der Waals surface area contributed by atoms with Crippen molar-refractivity contribution >= 4 is 27.7 Å². The number of sulfonamides is 1. The number of hydrogen-bond donors (Lipinski definition) is 1. The first-order valence-electron chi connectivity index (χ1n) is 9.14. The van der Waals surface area contributed by atoms with Crippen LogP contribution in [0.25, 0.3) is 0 Å². The summed E-state index contributed by atoms with van der Waals surface area (Å²) in [6, 6.07) is 13.7. The number of esters is 1. The molecule has 0 heterocycles. The topological polar surface area (TPSA) is 110 Å². The Labute approximate surface area is 175 Å². The summed E-state index contributed by atoms with van der Waals surface area (Å²) < 4.78 is 30.1. The normalized spacial score (nSPS) is 12.3. The molecule has 160 valence electrons. The molecule has 0 spiro atoms. The van der Waals surface area contributed by atoms with E-state index in [1.54, 1.807) is 0 Å². The van der Waals surface area contributed by atoms with Gasteiger partial charge in [0.2, 0.25) is 10.0 Å². The summed E-state index contributed by atoms with van der Waals surface area (Å²) in [5, 5.41) is 2.56. The molecule has 0 radical (unpaired) electrons. The molecule has 0 saturated carbocycles. The van der Waals surface area contributed by atoms with Crippen molar-refractivity contribution < 1.29 is 27.5 Å². The number of nitrogens with one attached hydrogen (secondary N) is 1. The van der Waals surface area contributed by atoms with Gasteiger partial charge in [0, 0.05) is 14.1 Å². The molecule has 0 fully saturated rings. The van der Waals surface area contributed by atoms with E-state index in [-0.39, 0.29) is 16.2 Å². The first-order valence-corrected chi connectivity index (χ1v) is 10.6. The summed E-state index contributed by atoms with van der Waals surface area (Å²) in [5.74, 6) is -1.59. The second-order valence-corrected chi connectivity index (χ2v) is 8.96. The van der Waals surface area contributed by atoms with Crippen LogP contribution >= 0.6 is 0 Å². The van der Waals surface area contributed by atoms with Gasteiger partial charge in [-0.15, -0.1) is 0 Å². The van der Waals surface area contributed by atoms with Crippen molar-refractivity contribution in [3.05, 3.63) is 65.7 Å². The van der Waals surface area contributed by atoms with Crippen LogP contribution in [-0.2, 0) is 30.8 Å². The van der Waals surface area contributed by atoms with Gasteiger partial charge in [-0.05, 0) is 43.2 Å². The van der Waals surface area contributed by atoms with Crippen molar-refractivity contribution in [2.45, 2.75) is 24.3 Å². The average Bonchev–Trinajstić information content (AvgIpc) is 2.72. The van der Waals surface area contributed by atoms with Crippen molar-refractivity contribution in [3.63, 3.8) is 0 Å². The molecule has 8 nitrogen and oxygen atoms in total. The fourth-order valence-electron chi connectivity index (χ4n) is 2.57. The molecule has 1 amide bonds. The lowest BCUT2D eigenvalue weighted by atomic mass is 10.0. The molecule has 0 saturated heterocycles. The monoisotopic (exact) mass is 432 g/mol. The third-order valence-corrected chi connectivity index (χ3v) is 6.14. The van der Waals surface area contributed by atoms with Gasteiger partial charge in [-0.2, -0.15) is 0 Å². The number of ether oxygens (including phenoxy) is 1. The lowest BCUT2D eigenvalue weighted by Crippen LogP contribution is -2.43. The number of Topliss-reactive ketones (excluding diaryl/α,β-unsaturated/α-hetero) is 1. The van der Waals surface area contributed by atoms with E-state index in [1.807, 2.05) is 30.3 Å². The van der Waals surface area contributed by atoms with Gasteiger partial charge in [0.05, 0.1) is 16.5 Å². The molecule has 2 rings (SSSR count). The van der Waals surface area contributed by atoms with Crippen LogP contribution in [0.4, 0.5) is 0 Å². The Morgan fingerprint density at radius 2 is 1.60 bits per heavy atom. The molecule has 0 bridgehead atoms. The summed E-state index contributed by atoms with van der Waals surface area (Å²) in [6.45, 7) is 0.818. The SMILES string of the molecule is CC(=O)[C@@H](Cc1ccccc1)NC(=O)COC(=O)c1ccc(S(=O)(=O)N(C)C)cc1. The Morgan fingerprint density at radius 3 is 2.13 bits per heavy atom. The zero-order valence-electron chi connectivity index (χ0n) is 17.0. The number of benzene rings is 2. The molecule has 30 heavy (non-hydrogen) atoms. The predicted octanol–water partition coefficient (Wildman–Crippen LogP) is 1.41. The van der Waals surface area contributed by atoms with Crippen molar-refractivity contribution in [2.75, 3.05) is 20.7 Å². The molecule has 0 unspecified atom stereocenters. The van der Waals surface area contributed by atoms with E-state index < -0.39 is 34.5 Å². The molecular formula is C21H24N2O6S. The Hall–Kier alpha value is -3.04. The Kier molecular flexibility index (Phi) is 7.85. The van der Waals surface area contributed by atoms with Crippen molar-refractivity contribution in [2.24, 2.45) is 0 Å². The zero-order chi connectivity index (χ0) is 22.3. The van der Waals surface area contributed by atoms with E-state index in [1.165, 1.54) is 45.3 Å². The highest BCUT2D eigenvalue weighted by molar-refractivity contribution is 7.89. The van der Waals surface area contributed by atoms with Crippen LogP contribution in [-0.4, -0.2) is 57.1 Å². The highest BCUT2D eigenvalue weighted by Crippen LogP contribution is 2.14. The van der Waals surface area contributed by atoms with Crippen molar-refractivity contribution in [1.29, 1.82) is 0 Å². The van der Waals surface area contributed by atoms with Crippen LogP contribution in [0.15, 0.2) is 59.5 Å². The summed E-state index contributed by atoms with van der Waals surface area (Å²) in [4.78, 5) is 36.1. The van der Waals surface area contributed by atoms with E-state index in [0.717, 1.165) is 9.87 Å². The molecule has 2 aromatic carbocycles. The average molecular weight is 432 g/mol. The number of hydrogen-bond acceptors (Lipinski definition) is 6. The van der Waals surface area contributed by atoms with E-state index in [0.29, 0.717) is 6.42 Å². The van der Waals surface area contributed by atoms with Gasteiger partial charge >= 0.3 is 5.97 Å². The molecule has 0 aliphatic carbocycles. The van der Waals surface area contributed by atoms with Gasteiger partial charge in [0.25, 0.3) is 5.91 Å². The minimum atomic E-state index is -3.61. The third kappa shape index (κ3) is 6.23. The molecule has 2 aromatic rings. The summed E-state index contributed by atoms with van der Waals surface area (Å²) in [7, 11) is -0.797. The second kappa shape index (κ2) is 10.1. The van der Waals surface area contributed by atoms with E-state index in [9.17, 15) is 22.8 Å². The molecule has 9 heteroatoms. The maximum absolute atomic E-state index is 12.1. The minimum Gasteiger partial charge on any atom is -0.452 e. The predicted molar refractivity (Wildman–Crippen MR) is 110 cm³/mol. The number of rotatable bonds is 9. The standard InChI is InChI=1S/C21H24N2O6S/c1-15(24)19(13-16-7-5-4-6-8-16)22-20(25)14-29-21(26)17-9-11-18(12-10-17)30(27,28)23(2)3/h4-12,19H,13-14H2,1-3H3,(H,22,25)/t19-/m1/s1.